The van der Waals surface area contributed by atoms with Crippen molar-refractivity contribution in [2.75, 3.05) is 0 Å². The van der Waals surface area contributed by atoms with E-state index in [9.17, 15) is 0 Å². The number of hydrogen-bond acceptors (Lipinski definition) is 2. The molecule has 0 spiro atoms. The molecule has 0 saturated heterocycles. The lowest BCUT2D eigenvalue weighted by molar-refractivity contribution is 0.627. The number of rotatable bonds is 2. The molecule has 0 N–H and O–H groups in total. The third kappa shape index (κ3) is 4.45. The van der Waals surface area contributed by atoms with Gasteiger partial charge < -0.3 is 8.83 Å². The summed E-state index contributed by atoms with van der Waals surface area (Å²) in [5, 5.41) is 1.82. The molecule has 0 amide bonds. The van der Waals surface area contributed by atoms with E-state index in [-0.39, 0.29) is 0 Å². The van der Waals surface area contributed by atoms with Gasteiger partial charge in [-0.1, -0.05) is 121 Å². The molecule has 2 heterocycles. The summed E-state index contributed by atoms with van der Waals surface area (Å²) in [6.07, 6.45) is 0. The van der Waals surface area contributed by atoms with Crippen LogP contribution in [0.3, 0.4) is 0 Å². The zero-order chi connectivity index (χ0) is 26.7. The first-order valence-corrected chi connectivity index (χ1v) is 13.1. The Morgan fingerprint density at radius 1 is 0.375 bits per heavy atom. The summed E-state index contributed by atoms with van der Waals surface area (Å²) in [5.41, 5.74) is 6.99. The fourth-order valence-corrected chi connectivity index (χ4v) is 4.83. The van der Waals surface area contributed by atoms with Gasteiger partial charge in [0.1, 0.15) is 11.2 Å². The van der Waals surface area contributed by atoms with Gasteiger partial charge in [-0.3, -0.25) is 0 Å². The maximum atomic E-state index is 6.52. The number of benzene rings is 5. The molecule has 2 aromatic heterocycles. The Kier molecular flexibility index (Phi) is 5.98. The van der Waals surface area contributed by atoms with Crippen LogP contribution in [0.15, 0.2) is 142 Å². The smallest absolute Gasteiger partial charge is 0.151 e. The minimum atomic E-state index is 0.742. The van der Waals surface area contributed by atoms with Crippen molar-refractivity contribution in [2.24, 2.45) is 0 Å². The standard InChI is InChI=1S/C38H22O2/c1-5-13-27(14-6-1)21-23-31-33-25-36-34(26-35(33)39-37(31)29-17-9-3-10-18-29)32(24-22-28-15-7-2-8-16-28)38(40-36)30-19-11-4-12-20-30/h1-20,25-26H. The van der Waals surface area contributed by atoms with Crippen molar-refractivity contribution in [1.82, 2.24) is 0 Å². The van der Waals surface area contributed by atoms with Gasteiger partial charge in [-0.05, 0) is 36.4 Å². The van der Waals surface area contributed by atoms with Crippen LogP contribution in [0.1, 0.15) is 22.3 Å². The van der Waals surface area contributed by atoms with E-state index in [1.54, 1.807) is 0 Å². The van der Waals surface area contributed by atoms with E-state index in [2.05, 4.69) is 23.7 Å². The van der Waals surface area contributed by atoms with Crippen LogP contribution >= 0.6 is 0 Å². The summed E-state index contributed by atoms with van der Waals surface area (Å²) in [6, 6.07) is 44.2. The first-order valence-electron chi connectivity index (χ1n) is 13.1. The molecule has 0 aliphatic heterocycles. The second kappa shape index (κ2) is 10.2. The van der Waals surface area contributed by atoms with E-state index < -0.39 is 0 Å². The molecule has 5 aromatic carbocycles. The quantitative estimate of drug-likeness (QED) is 0.217. The first kappa shape index (κ1) is 23.4. The summed E-state index contributed by atoms with van der Waals surface area (Å²) in [7, 11) is 0. The molecular weight excluding hydrogens is 488 g/mol. The van der Waals surface area contributed by atoms with E-state index in [1.807, 2.05) is 133 Å². The van der Waals surface area contributed by atoms with E-state index in [4.69, 9.17) is 8.83 Å². The van der Waals surface area contributed by atoms with E-state index >= 15 is 0 Å². The summed E-state index contributed by atoms with van der Waals surface area (Å²) in [5.74, 6) is 14.9. The highest BCUT2D eigenvalue weighted by molar-refractivity contribution is 6.03. The molecule has 7 aromatic rings. The third-order valence-electron chi connectivity index (χ3n) is 6.78. The molecule has 40 heavy (non-hydrogen) atoms. The molecule has 2 nitrogen and oxygen atoms in total. The van der Waals surface area contributed by atoms with Crippen molar-refractivity contribution in [3.63, 3.8) is 0 Å². The Hall–Kier alpha value is -5.70. The molecule has 0 fully saturated rings. The Morgan fingerprint density at radius 3 is 1.10 bits per heavy atom. The number of hydrogen-bond donors (Lipinski definition) is 0. The molecule has 7 rings (SSSR count). The van der Waals surface area contributed by atoms with Gasteiger partial charge in [-0.2, -0.15) is 0 Å². The van der Waals surface area contributed by atoms with Gasteiger partial charge in [-0.15, -0.1) is 0 Å². The molecule has 2 heteroatoms. The molecule has 0 radical (unpaired) electrons. The zero-order valence-corrected chi connectivity index (χ0v) is 21.5. The van der Waals surface area contributed by atoms with Gasteiger partial charge in [0.15, 0.2) is 11.5 Å². The highest BCUT2D eigenvalue weighted by Gasteiger charge is 2.20. The molecule has 0 aliphatic rings. The average Bonchev–Trinajstić information content (AvgIpc) is 3.57. The Labute approximate surface area is 232 Å². The lowest BCUT2D eigenvalue weighted by atomic mass is 10.0. The largest absolute Gasteiger partial charge is 0.455 e. The van der Waals surface area contributed by atoms with E-state index in [1.165, 1.54) is 0 Å². The predicted octanol–water partition coefficient (Wildman–Crippen LogP) is 9.31. The van der Waals surface area contributed by atoms with Gasteiger partial charge in [0.25, 0.3) is 0 Å². The van der Waals surface area contributed by atoms with Crippen molar-refractivity contribution >= 4 is 21.9 Å². The lowest BCUT2D eigenvalue weighted by Gasteiger charge is -1.97. The zero-order valence-electron chi connectivity index (χ0n) is 21.5. The first-order chi connectivity index (χ1) is 19.8. The minimum absolute atomic E-state index is 0.742. The van der Waals surface area contributed by atoms with Crippen LogP contribution in [-0.2, 0) is 0 Å². The number of fused-ring (bicyclic) bond motifs is 2. The monoisotopic (exact) mass is 510 g/mol. The second-order valence-electron chi connectivity index (χ2n) is 9.42. The van der Waals surface area contributed by atoms with Crippen molar-refractivity contribution in [3.8, 4) is 46.3 Å². The fraction of sp³-hybridized carbons (Fsp3) is 0. The molecule has 186 valence electrons. The fourth-order valence-electron chi connectivity index (χ4n) is 4.83. The van der Waals surface area contributed by atoms with Crippen LogP contribution < -0.4 is 0 Å². The Bertz CT molecular complexity index is 1920. The molecule has 0 unspecified atom stereocenters. The van der Waals surface area contributed by atoms with Gasteiger partial charge in [-0.25, -0.2) is 0 Å². The molecule has 0 saturated carbocycles. The topological polar surface area (TPSA) is 26.3 Å². The summed E-state index contributed by atoms with van der Waals surface area (Å²) < 4.78 is 13.0. The van der Waals surface area contributed by atoms with Gasteiger partial charge in [0.05, 0.1) is 11.1 Å². The lowest BCUT2D eigenvalue weighted by Crippen LogP contribution is -1.81. The SMILES string of the molecule is C(#Cc1c(-c2ccccc2)oc2cc3c(C#Cc4ccccc4)c(-c4ccccc4)oc3cc12)c1ccccc1. The maximum absolute atomic E-state index is 6.52. The van der Waals surface area contributed by atoms with Gasteiger partial charge in [0, 0.05) is 33.0 Å². The predicted molar refractivity (Wildman–Crippen MR) is 162 cm³/mol. The normalized spacial score (nSPS) is 10.6. The highest BCUT2D eigenvalue weighted by atomic mass is 16.3. The van der Waals surface area contributed by atoms with Crippen molar-refractivity contribution in [3.05, 3.63) is 156 Å². The summed E-state index contributed by atoms with van der Waals surface area (Å²) >= 11 is 0. The number of furan rings is 2. The van der Waals surface area contributed by atoms with Crippen LogP contribution in [-0.4, -0.2) is 0 Å². The Morgan fingerprint density at radius 2 is 0.725 bits per heavy atom. The van der Waals surface area contributed by atoms with Gasteiger partial charge >= 0.3 is 0 Å². The van der Waals surface area contributed by atoms with Crippen LogP contribution in [0.2, 0.25) is 0 Å². The van der Waals surface area contributed by atoms with Crippen LogP contribution in [0, 0.1) is 23.7 Å². The van der Waals surface area contributed by atoms with E-state index in [0.29, 0.717) is 0 Å². The van der Waals surface area contributed by atoms with Crippen molar-refractivity contribution in [2.45, 2.75) is 0 Å². The van der Waals surface area contributed by atoms with Crippen molar-refractivity contribution < 1.29 is 8.83 Å². The highest BCUT2D eigenvalue weighted by Crippen LogP contribution is 2.40. The summed E-state index contributed by atoms with van der Waals surface area (Å²) in [6.45, 7) is 0. The van der Waals surface area contributed by atoms with Crippen LogP contribution in [0.25, 0.3) is 44.6 Å². The third-order valence-corrected chi connectivity index (χ3v) is 6.78. The molecular formula is C38H22O2. The maximum Gasteiger partial charge on any atom is 0.151 e. The minimum Gasteiger partial charge on any atom is -0.455 e. The van der Waals surface area contributed by atoms with Crippen molar-refractivity contribution in [1.29, 1.82) is 0 Å². The molecule has 0 atom stereocenters. The van der Waals surface area contributed by atoms with Gasteiger partial charge in [0.2, 0.25) is 0 Å². The van der Waals surface area contributed by atoms with Crippen LogP contribution in [0.5, 0.6) is 0 Å². The Balaban J connectivity index is 1.48. The average molecular weight is 511 g/mol. The second-order valence-corrected chi connectivity index (χ2v) is 9.42. The molecule has 0 aliphatic carbocycles. The van der Waals surface area contributed by atoms with E-state index in [0.717, 1.165) is 66.8 Å². The molecule has 0 bridgehead atoms. The van der Waals surface area contributed by atoms with Crippen LogP contribution in [0.4, 0.5) is 0 Å². The summed E-state index contributed by atoms with van der Waals surface area (Å²) in [4.78, 5) is 0.